The van der Waals surface area contributed by atoms with Crippen molar-refractivity contribution in [2.45, 2.75) is 18.9 Å². The predicted molar refractivity (Wildman–Crippen MR) is 90.1 cm³/mol. The van der Waals surface area contributed by atoms with Crippen LogP contribution in [0.3, 0.4) is 0 Å². The summed E-state index contributed by atoms with van der Waals surface area (Å²) in [4.78, 5) is 16.2. The molecule has 0 bridgehead atoms. The van der Waals surface area contributed by atoms with Crippen LogP contribution in [-0.4, -0.2) is 17.3 Å². The molecular formula is C17H15Cl2NO2. The molecule has 2 aromatic carbocycles. The zero-order valence-electron chi connectivity index (χ0n) is 12.0. The number of carbonyl (C=O) groups is 1. The Kier molecular flexibility index (Phi) is 5.22. The number of carboxylic acids is 1. The molecule has 0 aliphatic carbocycles. The zero-order chi connectivity index (χ0) is 16.2. The van der Waals surface area contributed by atoms with Crippen LogP contribution in [-0.2, 0) is 10.3 Å². The fraction of sp³-hybridized carbons (Fsp3) is 0.176. The third-order valence-electron chi connectivity index (χ3n) is 3.50. The number of hydrogen-bond acceptors (Lipinski definition) is 2. The Bertz CT molecular complexity index is 701. The van der Waals surface area contributed by atoms with Gasteiger partial charge >= 0.3 is 5.97 Å². The summed E-state index contributed by atoms with van der Waals surface area (Å²) in [6, 6.07) is 14.1. The quantitative estimate of drug-likeness (QED) is 0.797. The molecule has 0 fully saturated rings. The van der Waals surface area contributed by atoms with Crippen LogP contribution in [0.5, 0.6) is 0 Å². The van der Waals surface area contributed by atoms with Crippen molar-refractivity contribution >= 4 is 35.4 Å². The lowest BCUT2D eigenvalue weighted by Gasteiger charge is -2.24. The van der Waals surface area contributed by atoms with Crippen LogP contribution >= 0.6 is 23.2 Å². The third-order valence-corrected chi connectivity index (χ3v) is 4.24. The van der Waals surface area contributed by atoms with E-state index < -0.39 is 11.5 Å². The van der Waals surface area contributed by atoms with Gasteiger partial charge in [0.05, 0.1) is 10.0 Å². The summed E-state index contributed by atoms with van der Waals surface area (Å²) in [5.41, 5.74) is -0.0462. The fourth-order valence-electron chi connectivity index (χ4n) is 2.18. The van der Waals surface area contributed by atoms with Crippen molar-refractivity contribution < 1.29 is 9.90 Å². The molecule has 1 N–H and O–H groups in total. The lowest BCUT2D eigenvalue weighted by Crippen LogP contribution is -2.33. The molecule has 0 spiro atoms. The van der Waals surface area contributed by atoms with Gasteiger partial charge in [-0.2, -0.15) is 0 Å². The second kappa shape index (κ2) is 6.95. The van der Waals surface area contributed by atoms with Gasteiger partial charge in [0.2, 0.25) is 0 Å². The SMILES string of the molecule is CCC(N=Cc1ccccc1)(C(=O)O)c1ccc(Cl)c(Cl)c1. The van der Waals surface area contributed by atoms with Crippen molar-refractivity contribution in [1.82, 2.24) is 0 Å². The van der Waals surface area contributed by atoms with Gasteiger partial charge in [0.15, 0.2) is 5.54 Å². The lowest BCUT2D eigenvalue weighted by molar-refractivity contribution is -0.143. The van der Waals surface area contributed by atoms with Gasteiger partial charge in [0, 0.05) is 6.21 Å². The molecular weight excluding hydrogens is 321 g/mol. The van der Waals surface area contributed by atoms with E-state index in [0.29, 0.717) is 22.0 Å². The van der Waals surface area contributed by atoms with Gasteiger partial charge in [0.25, 0.3) is 0 Å². The number of nitrogens with zero attached hydrogens (tertiary/aromatic N) is 1. The van der Waals surface area contributed by atoms with Crippen molar-refractivity contribution in [1.29, 1.82) is 0 Å². The Morgan fingerprint density at radius 2 is 1.86 bits per heavy atom. The molecule has 0 radical (unpaired) electrons. The van der Waals surface area contributed by atoms with E-state index in [2.05, 4.69) is 4.99 Å². The highest BCUT2D eigenvalue weighted by molar-refractivity contribution is 6.42. The normalized spacial score (nSPS) is 14.0. The van der Waals surface area contributed by atoms with Gasteiger partial charge in [-0.15, -0.1) is 0 Å². The number of hydrogen-bond donors (Lipinski definition) is 1. The highest BCUT2D eigenvalue weighted by atomic mass is 35.5. The van der Waals surface area contributed by atoms with Crippen LogP contribution in [0.15, 0.2) is 53.5 Å². The molecule has 0 aromatic heterocycles. The molecule has 114 valence electrons. The number of carboxylic acid groups (broad SMARTS) is 1. The summed E-state index contributed by atoms with van der Waals surface area (Å²) in [6.07, 6.45) is 1.86. The summed E-state index contributed by atoms with van der Waals surface area (Å²) >= 11 is 11.9. The third kappa shape index (κ3) is 3.32. The van der Waals surface area contributed by atoms with Crippen LogP contribution in [0.2, 0.25) is 10.0 Å². The lowest BCUT2D eigenvalue weighted by atomic mass is 9.88. The number of aliphatic carboxylic acids is 1. The van der Waals surface area contributed by atoms with E-state index in [1.807, 2.05) is 30.3 Å². The molecule has 1 atom stereocenters. The maximum absolute atomic E-state index is 11.9. The van der Waals surface area contributed by atoms with Crippen LogP contribution in [0.1, 0.15) is 24.5 Å². The van der Waals surface area contributed by atoms with E-state index in [-0.39, 0.29) is 0 Å². The van der Waals surface area contributed by atoms with Crippen molar-refractivity contribution in [3.63, 3.8) is 0 Å². The van der Waals surface area contributed by atoms with Gasteiger partial charge < -0.3 is 5.11 Å². The van der Waals surface area contributed by atoms with Crippen LogP contribution < -0.4 is 0 Å². The van der Waals surface area contributed by atoms with Crippen LogP contribution in [0.4, 0.5) is 0 Å². The average molecular weight is 336 g/mol. The van der Waals surface area contributed by atoms with Crippen molar-refractivity contribution in [3.05, 3.63) is 69.7 Å². The Morgan fingerprint density at radius 3 is 2.41 bits per heavy atom. The Balaban J connectivity index is 2.50. The van der Waals surface area contributed by atoms with Gasteiger partial charge in [-0.1, -0.05) is 66.5 Å². The topological polar surface area (TPSA) is 49.7 Å². The van der Waals surface area contributed by atoms with E-state index >= 15 is 0 Å². The van der Waals surface area contributed by atoms with Crippen LogP contribution in [0.25, 0.3) is 0 Å². The van der Waals surface area contributed by atoms with E-state index in [0.717, 1.165) is 5.56 Å². The van der Waals surface area contributed by atoms with E-state index in [1.165, 1.54) is 0 Å². The molecule has 0 amide bonds. The standard InChI is InChI=1S/C17H15Cl2NO2/c1-2-17(16(21)22,13-8-9-14(18)15(19)10-13)20-11-12-6-4-3-5-7-12/h3-11H,2H2,1H3,(H,21,22). The first-order valence-electron chi connectivity index (χ1n) is 6.79. The minimum Gasteiger partial charge on any atom is -0.479 e. The van der Waals surface area contributed by atoms with E-state index in [9.17, 15) is 9.90 Å². The molecule has 3 nitrogen and oxygen atoms in total. The number of benzene rings is 2. The first kappa shape index (κ1) is 16.5. The minimum absolute atomic E-state index is 0.295. The molecule has 0 saturated carbocycles. The second-order valence-electron chi connectivity index (χ2n) is 4.82. The van der Waals surface area contributed by atoms with Crippen molar-refractivity contribution in [2.75, 3.05) is 0 Å². The fourth-order valence-corrected chi connectivity index (χ4v) is 2.48. The number of rotatable bonds is 5. The maximum atomic E-state index is 11.9. The van der Waals surface area contributed by atoms with E-state index in [4.69, 9.17) is 23.2 Å². The molecule has 1 unspecified atom stereocenters. The molecule has 0 saturated heterocycles. The summed E-state index contributed by atoms with van der Waals surface area (Å²) < 4.78 is 0. The minimum atomic E-state index is -1.38. The predicted octanol–water partition coefficient (Wildman–Crippen LogP) is 4.80. The second-order valence-corrected chi connectivity index (χ2v) is 5.63. The number of halogens is 2. The number of aliphatic imine (C=N–C) groups is 1. The molecule has 0 heterocycles. The first-order chi connectivity index (χ1) is 10.5. The Hall–Kier alpha value is -1.84. The summed E-state index contributed by atoms with van der Waals surface area (Å²) in [5, 5.41) is 10.4. The molecule has 0 aliphatic heterocycles. The highest BCUT2D eigenvalue weighted by Crippen LogP contribution is 2.34. The van der Waals surface area contributed by atoms with Gasteiger partial charge in [-0.05, 0) is 29.7 Å². The summed E-state index contributed by atoms with van der Waals surface area (Å²) in [7, 11) is 0. The monoisotopic (exact) mass is 335 g/mol. The molecule has 0 aliphatic rings. The van der Waals surface area contributed by atoms with Gasteiger partial charge in [0.1, 0.15) is 0 Å². The molecule has 5 heteroatoms. The van der Waals surface area contributed by atoms with Crippen molar-refractivity contribution in [2.24, 2.45) is 4.99 Å². The highest BCUT2D eigenvalue weighted by Gasteiger charge is 2.38. The Labute approximate surface area is 139 Å². The molecule has 22 heavy (non-hydrogen) atoms. The Morgan fingerprint density at radius 1 is 1.18 bits per heavy atom. The maximum Gasteiger partial charge on any atom is 0.336 e. The van der Waals surface area contributed by atoms with E-state index in [1.54, 1.807) is 31.3 Å². The molecule has 2 aromatic rings. The smallest absolute Gasteiger partial charge is 0.336 e. The van der Waals surface area contributed by atoms with Crippen molar-refractivity contribution in [3.8, 4) is 0 Å². The van der Waals surface area contributed by atoms with Gasteiger partial charge in [-0.25, -0.2) is 4.79 Å². The van der Waals surface area contributed by atoms with Gasteiger partial charge in [-0.3, -0.25) is 4.99 Å². The zero-order valence-corrected chi connectivity index (χ0v) is 13.5. The van der Waals surface area contributed by atoms with Crippen LogP contribution in [0, 0.1) is 0 Å². The summed E-state index contributed by atoms with van der Waals surface area (Å²) in [6.45, 7) is 1.78. The largest absolute Gasteiger partial charge is 0.479 e. The summed E-state index contributed by atoms with van der Waals surface area (Å²) in [5.74, 6) is -1.03. The first-order valence-corrected chi connectivity index (χ1v) is 7.54. The molecule has 2 rings (SSSR count). The average Bonchev–Trinajstić information content (AvgIpc) is 2.52.